The maximum atomic E-state index is 13.4. The fourth-order valence-corrected chi connectivity index (χ4v) is 1.39. The van der Waals surface area contributed by atoms with Crippen LogP contribution in [0.25, 0.3) is 0 Å². The molecular weight excluding hydrogens is 237 g/mol. The number of hydrogen-bond acceptors (Lipinski definition) is 3. The van der Waals surface area contributed by atoms with Crippen molar-refractivity contribution < 1.29 is 19.0 Å². The summed E-state index contributed by atoms with van der Waals surface area (Å²) in [6, 6.07) is 3.67. The van der Waals surface area contributed by atoms with Gasteiger partial charge >= 0.3 is 5.97 Å². The van der Waals surface area contributed by atoms with Gasteiger partial charge in [-0.15, -0.1) is 0 Å². The molecule has 0 bridgehead atoms. The lowest BCUT2D eigenvalue weighted by Gasteiger charge is -2.23. The summed E-state index contributed by atoms with van der Waals surface area (Å²) < 4.78 is 18.7. The molecule has 0 aliphatic heterocycles. The van der Waals surface area contributed by atoms with Gasteiger partial charge in [0.2, 0.25) is 0 Å². The lowest BCUT2D eigenvalue weighted by Crippen LogP contribution is -2.26. The number of hydrogen-bond donors (Lipinski definition) is 2. The highest BCUT2D eigenvalue weighted by molar-refractivity contribution is 5.88. The number of carboxylic acid groups (broad SMARTS) is 1. The third-order valence-electron chi connectivity index (χ3n) is 2.81. The predicted octanol–water partition coefficient (Wildman–Crippen LogP) is 2.75. The molecule has 4 nitrogen and oxygen atoms in total. The molecule has 0 unspecified atom stereocenters. The Balaban J connectivity index is 2.67. The van der Waals surface area contributed by atoms with Crippen LogP contribution in [-0.2, 0) is 4.74 Å². The Kier molecular flexibility index (Phi) is 4.67. The lowest BCUT2D eigenvalue weighted by molar-refractivity contribution is 0.0184. The van der Waals surface area contributed by atoms with E-state index < -0.39 is 11.8 Å². The number of rotatable bonds is 6. The molecular formula is C13H18FNO3. The van der Waals surface area contributed by atoms with E-state index in [4.69, 9.17) is 9.84 Å². The van der Waals surface area contributed by atoms with E-state index in [1.165, 1.54) is 12.1 Å². The largest absolute Gasteiger partial charge is 0.478 e. The fraction of sp³-hybridized carbons (Fsp3) is 0.462. The smallest absolute Gasteiger partial charge is 0.335 e. The minimum Gasteiger partial charge on any atom is -0.478 e. The zero-order chi connectivity index (χ0) is 13.8. The molecule has 1 aromatic carbocycles. The SMILES string of the molecule is COC(C)(C)CCNc1cc(C(=O)O)ccc1F. The quantitative estimate of drug-likeness (QED) is 0.820. The number of carboxylic acids is 1. The Morgan fingerprint density at radius 2 is 2.17 bits per heavy atom. The Bertz CT molecular complexity index is 432. The number of nitrogens with one attached hydrogen (secondary N) is 1. The van der Waals surface area contributed by atoms with Gasteiger partial charge in [-0.05, 0) is 38.5 Å². The minimum absolute atomic E-state index is 0.0601. The van der Waals surface area contributed by atoms with Gasteiger partial charge in [0.15, 0.2) is 0 Å². The number of carbonyl (C=O) groups is 1. The number of halogens is 1. The summed E-state index contributed by atoms with van der Waals surface area (Å²) in [5.74, 6) is -1.54. The van der Waals surface area contributed by atoms with Crippen molar-refractivity contribution in [2.75, 3.05) is 19.0 Å². The third-order valence-corrected chi connectivity index (χ3v) is 2.81. The Labute approximate surface area is 106 Å². The molecule has 0 aromatic heterocycles. The zero-order valence-corrected chi connectivity index (χ0v) is 10.8. The van der Waals surface area contributed by atoms with Crippen molar-refractivity contribution in [3.05, 3.63) is 29.6 Å². The van der Waals surface area contributed by atoms with E-state index in [1.807, 2.05) is 13.8 Å². The van der Waals surface area contributed by atoms with Gasteiger partial charge in [0.1, 0.15) is 5.82 Å². The van der Waals surface area contributed by atoms with Crippen molar-refractivity contribution in [2.45, 2.75) is 25.9 Å². The van der Waals surface area contributed by atoms with Crippen LogP contribution in [0.15, 0.2) is 18.2 Å². The second-order valence-corrected chi connectivity index (χ2v) is 4.64. The highest BCUT2D eigenvalue weighted by atomic mass is 19.1. The second kappa shape index (κ2) is 5.82. The number of ether oxygens (including phenoxy) is 1. The number of aromatic carboxylic acids is 1. The van der Waals surface area contributed by atoms with Crippen molar-refractivity contribution in [1.29, 1.82) is 0 Å². The molecule has 1 aromatic rings. The number of anilines is 1. The Morgan fingerprint density at radius 1 is 1.50 bits per heavy atom. The highest BCUT2D eigenvalue weighted by Gasteiger charge is 2.16. The van der Waals surface area contributed by atoms with Crippen molar-refractivity contribution in [2.24, 2.45) is 0 Å². The van der Waals surface area contributed by atoms with Gasteiger partial charge in [-0.2, -0.15) is 0 Å². The summed E-state index contributed by atoms with van der Waals surface area (Å²) in [6.07, 6.45) is 0.681. The van der Waals surface area contributed by atoms with Crippen LogP contribution in [0, 0.1) is 5.82 Å². The summed E-state index contributed by atoms with van der Waals surface area (Å²) in [6.45, 7) is 4.36. The van der Waals surface area contributed by atoms with Gasteiger partial charge in [-0.1, -0.05) is 0 Å². The summed E-state index contributed by atoms with van der Waals surface area (Å²) in [7, 11) is 1.62. The average Bonchev–Trinajstić information content (AvgIpc) is 2.31. The normalized spacial score (nSPS) is 11.3. The lowest BCUT2D eigenvalue weighted by atomic mass is 10.1. The first-order chi connectivity index (χ1) is 8.35. The first kappa shape index (κ1) is 14.4. The molecule has 18 heavy (non-hydrogen) atoms. The molecule has 2 N–H and O–H groups in total. The topological polar surface area (TPSA) is 58.6 Å². The maximum Gasteiger partial charge on any atom is 0.335 e. The van der Waals surface area contributed by atoms with Crippen molar-refractivity contribution >= 4 is 11.7 Å². The van der Waals surface area contributed by atoms with Gasteiger partial charge in [0.05, 0.1) is 16.9 Å². The van der Waals surface area contributed by atoms with Crippen molar-refractivity contribution in [3.63, 3.8) is 0 Å². The van der Waals surface area contributed by atoms with Crippen LogP contribution in [0.1, 0.15) is 30.6 Å². The van der Waals surface area contributed by atoms with Crippen molar-refractivity contribution in [1.82, 2.24) is 0 Å². The fourth-order valence-electron chi connectivity index (χ4n) is 1.39. The van der Waals surface area contributed by atoms with E-state index in [0.29, 0.717) is 13.0 Å². The summed E-state index contributed by atoms with van der Waals surface area (Å²) in [4.78, 5) is 10.8. The van der Waals surface area contributed by atoms with Crippen LogP contribution < -0.4 is 5.32 Å². The maximum absolute atomic E-state index is 13.4. The summed E-state index contributed by atoms with van der Waals surface area (Å²) >= 11 is 0. The average molecular weight is 255 g/mol. The second-order valence-electron chi connectivity index (χ2n) is 4.64. The molecule has 5 heteroatoms. The van der Waals surface area contributed by atoms with Gasteiger partial charge < -0.3 is 15.2 Å². The molecule has 0 saturated carbocycles. The molecule has 0 atom stereocenters. The van der Waals surface area contributed by atoms with Crippen LogP contribution in [0.4, 0.5) is 10.1 Å². The molecule has 1 rings (SSSR count). The molecule has 0 spiro atoms. The summed E-state index contributed by atoms with van der Waals surface area (Å²) in [5, 5.41) is 11.7. The molecule has 0 saturated heterocycles. The number of benzene rings is 1. The van der Waals surface area contributed by atoms with E-state index >= 15 is 0 Å². The molecule has 0 fully saturated rings. The van der Waals surface area contributed by atoms with Crippen LogP contribution in [-0.4, -0.2) is 30.3 Å². The Morgan fingerprint density at radius 3 is 2.72 bits per heavy atom. The van der Waals surface area contributed by atoms with Crippen LogP contribution in [0.3, 0.4) is 0 Å². The van der Waals surface area contributed by atoms with E-state index in [9.17, 15) is 9.18 Å². The van der Waals surface area contributed by atoms with E-state index in [-0.39, 0.29) is 16.9 Å². The summed E-state index contributed by atoms with van der Waals surface area (Å²) in [5.41, 5.74) is -0.0415. The highest BCUT2D eigenvalue weighted by Crippen LogP contribution is 2.18. The van der Waals surface area contributed by atoms with E-state index in [1.54, 1.807) is 7.11 Å². The van der Waals surface area contributed by atoms with Crippen LogP contribution in [0.5, 0.6) is 0 Å². The monoisotopic (exact) mass is 255 g/mol. The van der Waals surface area contributed by atoms with Gasteiger partial charge in [0, 0.05) is 13.7 Å². The first-order valence-corrected chi connectivity index (χ1v) is 5.67. The van der Waals surface area contributed by atoms with Crippen LogP contribution in [0.2, 0.25) is 0 Å². The van der Waals surface area contributed by atoms with Crippen LogP contribution >= 0.6 is 0 Å². The van der Waals surface area contributed by atoms with E-state index in [0.717, 1.165) is 6.07 Å². The predicted molar refractivity (Wildman–Crippen MR) is 67.6 cm³/mol. The third kappa shape index (κ3) is 4.00. The molecule has 0 aliphatic carbocycles. The van der Waals surface area contributed by atoms with Gasteiger partial charge in [-0.3, -0.25) is 0 Å². The first-order valence-electron chi connectivity index (χ1n) is 5.67. The van der Waals surface area contributed by atoms with E-state index in [2.05, 4.69) is 5.32 Å². The van der Waals surface area contributed by atoms with Gasteiger partial charge in [0.25, 0.3) is 0 Å². The van der Waals surface area contributed by atoms with Gasteiger partial charge in [-0.25, -0.2) is 9.18 Å². The van der Waals surface area contributed by atoms with Crippen molar-refractivity contribution in [3.8, 4) is 0 Å². The standard InChI is InChI=1S/C13H18FNO3/c1-13(2,18-3)6-7-15-11-8-9(12(16)17)4-5-10(11)14/h4-5,8,15H,6-7H2,1-3H3,(H,16,17). The number of methoxy groups -OCH3 is 1. The molecule has 100 valence electrons. The molecule has 0 aliphatic rings. The molecule has 0 amide bonds. The zero-order valence-electron chi connectivity index (χ0n) is 10.8. The molecule has 0 radical (unpaired) electrons. The Hall–Kier alpha value is -1.62. The molecule has 0 heterocycles. The minimum atomic E-state index is -1.07.